The van der Waals surface area contributed by atoms with Crippen molar-refractivity contribution < 1.29 is 18.6 Å². The predicted molar refractivity (Wildman–Crippen MR) is 116 cm³/mol. The van der Waals surface area contributed by atoms with Gasteiger partial charge in [-0.05, 0) is 30.9 Å². The van der Waals surface area contributed by atoms with Crippen LogP contribution in [0.1, 0.15) is 42.6 Å². The Morgan fingerprint density at radius 1 is 1.26 bits per heavy atom. The van der Waals surface area contributed by atoms with Crippen LogP contribution in [-0.2, 0) is 22.5 Å². The summed E-state index contributed by atoms with van der Waals surface area (Å²) in [7, 11) is -3.88. The Hall–Kier alpha value is -1.54. The maximum Gasteiger partial charge on any atom is 0.284 e. The Bertz CT molecular complexity index is 999. The number of β-amino-alcohol motifs (C(OH)–C–C–N with tert-alkyl or cyclic N) is 1. The van der Waals surface area contributed by atoms with Gasteiger partial charge in [-0.2, -0.15) is 17.0 Å². The summed E-state index contributed by atoms with van der Waals surface area (Å²) in [5.41, 5.74) is 7.83. The van der Waals surface area contributed by atoms with Gasteiger partial charge in [-0.3, -0.25) is 5.10 Å². The van der Waals surface area contributed by atoms with E-state index in [1.165, 1.54) is 16.1 Å². The average molecular weight is 469 g/mol. The smallest absolute Gasteiger partial charge is 0.284 e. The highest BCUT2D eigenvalue weighted by Gasteiger charge is 2.49. The van der Waals surface area contributed by atoms with Crippen LogP contribution in [-0.4, -0.2) is 73.9 Å². The number of H-pyrrole nitrogens is 1. The molecule has 12 heteroatoms. The molecule has 4 atom stereocenters. The van der Waals surface area contributed by atoms with Crippen molar-refractivity contribution in [1.29, 1.82) is 0 Å². The molecule has 0 bridgehead atoms. The first-order valence-electron chi connectivity index (χ1n) is 10.3. The van der Waals surface area contributed by atoms with Crippen molar-refractivity contribution in [3.63, 3.8) is 0 Å². The molecule has 0 saturated carbocycles. The Kier molecular flexibility index (Phi) is 6.68. The van der Waals surface area contributed by atoms with Crippen molar-refractivity contribution >= 4 is 22.0 Å². The lowest BCUT2D eigenvalue weighted by Crippen LogP contribution is -2.48. The van der Waals surface area contributed by atoms with Crippen LogP contribution in [0, 0.1) is 0 Å². The fourth-order valence-electron chi connectivity index (χ4n) is 4.14. The summed E-state index contributed by atoms with van der Waals surface area (Å²) in [5.74, 6) is 0.956. The van der Waals surface area contributed by atoms with Crippen molar-refractivity contribution in [2.75, 3.05) is 13.1 Å². The quantitative estimate of drug-likeness (QED) is 0.426. The molecular weight excluding hydrogens is 440 g/mol. The van der Waals surface area contributed by atoms with E-state index in [2.05, 4.69) is 15.2 Å². The van der Waals surface area contributed by atoms with Crippen LogP contribution in [0.2, 0.25) is 0 Å². The third-order valence-electron chi connectivity index (χ3n) is 5.92. The van der Waals surface area contributed by atoms with E-state index in [9.17, 15) is 18.6 Å². The summed E-state index contributed by atoms with van der Waals surface area (Å²) in [6.07, 6.45) is -1.18. The van der Waals surface area contributed by atoms with Gasteiger partial charge in [0.2, 0.25) is 5.16 Å². The SMILES string of the molecule is CC1C(c2nc(SCc3ccc(CN)cc3)n[nH]2)CC(O)N1S(=O)(=O)N1CCC(O)C1. The molecule has 1 aromatic carbocycles. The van der Waals surface area contributed by atoms with Crippen molar-refractivity contribution in [2.24, 2.45) is 5.73 Å². The normalized spacial score (nSPS) is 27.9. The molecular formula is C19H28N6O4S2. The Morgan fingerprint density at radius 3 is 2.61 bits per heavy atom. The second-order valence-electron chi connectivity index (χ2n) is 8.01. The van der Waals surface area contributed by atoms with E-state index in [-0.39, 0.29) is 25.4 Å². The largest absolute Gasteiger partial charge is 0.392 e. The lowest BCUT2D eigenvalue weighted by Gasteiger charge is -2.29. The van der Waals surface area contributed by atoms with Gasteiger partial charge >= 0.3 is 0 Å². The molecule has 2 aromatic rings. The number of aliphatic hydroxyl groups is 2. The minimum atomic E-state index is -3.88. The molecule has 0 aliphatic carbocycles. The highest BCUT2D eigenvalue weighted by molar-refractivity contribution is 7.98. The number of aliphatic hydroxyl groups excluding tert-OH is 2. The van der Waals surface area contributed by atoms with E-state index in [0.29, 0.717) is 29.7 Å². The number of nitrogens with zero attached hydrogens (tertiary/aromatic N) is 4. The number of thioether (sulfide) groups is 1. The summed E-state index contributed by atoms with van der Waals surface area (Å²) < 4.78 is 28.4. The van der Waals surface area contributed by atoms with E-state index in [1.54, 1.807) is 6.92 Å². The minimum absolute atomic E-state index is 0.0539. The molecule has 1 aromatic heterocycles. The highest BCUT2D eigenvalue weighted by Crippen LogP contribution is 2.38. The zero-order valence-electron chi connectivity index (χ0n) is 17.3. The van der Waals surface area contributed by atoms with Crippen LogP contribution in [0.4, 0.5) is 0 Å². The zero-order valence-corrected chi connectivity index (χ0v) is 18.9. The van der Waals surface area contributed by atoms with E-state index in [4.69, 9.17) is 5.73 Å². The van der Waals surface area contributed by atoms with Gasteiger partial charge in [0.15, 0.2) is 0 Å². The van der Waals surface area contributed by atoms with E-state index >= 15 is 0 Å². The van der Waals surface area contributed by atoms with Crippen molar-refractivity contribution in [3.8, 4) is 0 Å². The summed E-state index contributed by atoms with van der Waals surface area (Å²) >= 11 is 1.48. The predicted octanol–water partition coefficient (Wildman–Crippen LogP) is 0.363. The Balaban J connectivity index is 1.42. The molecule has 0 spiro atoms. The fourth-order valence-corrected chi connectivity index (χ4v) is 6.83. The summed E-state index contributed by atoms with van der Waals surface area (Å²) in [6.45, 7) is 2.57. The van der Waals surface area contributed by atoms with Crippen molar-refractivity contribution in [1.82, 2.24) is 23.8 Å². The summed E-state index contributed by atoms with van der Waals surface area (Å²) in [5, 5.41) is 28.0. The van der Waals surface area contributed by atoms with Crippen LogP contribution in [0.3, 0.4) is 0 Å². The van der Waals surface area contributed by atoms with Crippen LogP contribution in [0.25, 0.3) is 0 Å². The summed E-state index contributed by atoms with van der Waals surface area (Å²) in [4.78, 5) is 4.54. The molecule has 10 nitrogen and oxygen atoms in total. The number of aromatic amines is 1. The molecule has 2 aliphatic rings. The van der Waals surface area contributed by atoms with E-state index < -0.39 is 28.6 Å². The standard InChI is InChI=1S/C19H28N6O4S2/c1-12-16(8-17(27)25(12)31(28,29)24-7-6-15(26)10-24)18-21-19(23-22-18)30-11-14-4-2-13(9-20)3-5-14/h2-5,12,15-17,26-27H,6-11,20H2,1H3,(H,21,22,23). The zero-order chi connectivity index (χ0) is 22.2. The van der Waals surface area contributed by atoms with E-state index in [0.717, 1.165) is 15.4 Å². The number of benzene rings is 1. The molecule has 170 valence electrons. The second kappa shape index (κ2) is 9.14. The average Bonchev–Trinajstić information content (AvgIpc) is 3.46. The number of aromatic nitrogens is 3. The molecule has 2 saturated heterocycles. The topological polar surface area (TPSA) is 149 Å². The molecule has 0 amide bonds. The van der Waals surface area contributed by atoms with Gasteiger partial charge in [-0.25, -0.2) is 4.98 Å². The first kappa shape index (κ1) is 22.6. The molecule has 3 heterocycles. The van der Waals surface area contributed by atoms with Gasteiger partial charge in [0, 0.05) is 37.3 Å². The molecule has 2 fully saturated rings. The molecule has 5 N–H and O–H groups in total. The lowest BCUT2D eigenvalue weighted by atomic mass is 10.0. The monoisotopic (exact) mass is 468 g/mol. The Morgan fingerprint density at radius 2 is 1.97 bits per heavy atom. The Labute approximate surface area is 186 Å². The molecule has 4 unspecified atom stereocenters. The van der Waals surface area contributed by atoms with Gasteiger partial charge in [-0.15, -0.1) is 5.10 Å². The van der Waals surface area contributed by atoms with Gasteiger partial charge in [0.05, 0.1) is 6.10 Å². The van der Waals surface area contributed by atoms with E-state index in [1.807, 2.05) is 24.3 Å². The number of hydrogen-bond acceptors (Lipinski definition) is 8. The fraction of sp³-hybridized carbons (Fsp3) is 0.579. The van der Waals surface area contributed by atoms with Crippen molar-refractivity contribution in [2.45, 2.75) is 61.5 Å². The third kappa shape index (κ3) is 4.65. The number of hydrogen-bond donors (Lipinski definition) is 4. The van der Waals surface area contributed by atoms with Crippen molar-refractivity contribution in [3.05, 3.63) is 41.2 Å². The highest BCUT2D eigenvalue weighted by atomic mass is 32.2. The summed E-state index contributed by atoms with van der Waals surface area (Å²) in [6, 6.07) is 7.55. The number of rotatable bonds is 7. The third-order valence-corrected chi connectivity index (χ3v) is 8.93. The van der Waals surface area contributed by atoms with Crippen LogP contribution < -0.4 is 5.73 Å². The molecule has 0 radical (unpaired) electrons. The number of nitrogens with one attached hydrogen (secondary N) is 1. The van der Waals surface area contributed by atoms with Crippen LogP contribution in [0.15, 0.2) is 29.4 Å². The van der Waals surface area contributed by atoms with Gasteiger partial charge in [0.25, 0.3) is 10.2 Å². The maximum atomic E-state index is 13.0. The lowest BCUT2D eigenvalue weighted by molar-refractivity contribution is 0.0774. The van der Waals surface area contributed by atoms with Gasteiger partial charge < -0.3 is 15.9 Å². The minimum Gasteiger partial charge on any atom is -0.392 e. The molecule has 2 aliphatic heterocycles. The maximum absolute atomic E-state index is 13.0. The second-order valence-corrected chi connectivity index (χ2v) is 10.8. The van der Waals surface area contributed by atoms with Crippen LogP contribution >= 0.6 is 11.8 Å². The number of nitrogens with two attached hydrogens (primary N) is 1. The van der Waals surface area contributed by atoms with Crippen LogP contribution in [0.5, 0.6) is 0 Å². The first-order valence-corrected chi connectivity index (χ1v) is 12.7. The molecule has 4 rings (SSSR count). The molecule has 31 heavy (non-hydrogen) atoms. The van der Waals surface area contributed by atoms with Gasteiger partial charge in [0.1, 0.15) is 12.1 Å². The first-order chi connectivity index (χ1) is 14.8. The van der Waals surface area contributed by atoms with Gasteiger partial charge in [-0.1, -0.05) is 36.0 Å².